The van der Waals surface area contributed by atoms with Gasteiger partial charge in [-0.15, -0.1) is 0 Å². The Hall–Kier alpha value is -1.07. The van der Waals surface area contributed by atoms with Crippen LogP contribution in [0.15, 0.2) is 18.2 Å². The fraction of sp³-hybridized carbons (Fsp3) is 0.500. The van der Waals surface area contributed by atoms with Gasteiger partial charge in [0.15, 0.2) is 0 Å². The van der Waals surface area contributed by atoms with Crippen LogP contribution in [0.2, 0.25) is 0 Å². The molecule has 17 heavy (non-hydrogen) atoms. The highest BCUT2D eigenvalue weighted by Crippen LogP contribution is 2.16. The molecule has 0 unspecified atom stereocenters. The highest BCUT2D eigenvalue weighted by Gasteiger charge is 2.10. The van der Waals surface area contributed by atoms with Gasteiger partial charge in [0.05, 0.1) is 6.26 Å². The lowest BCUT2D eigenvalue weighted by atomic mass is 10.1. The Balaban J connectivity index is 2.52. The maximum absolute atomic E-state index is 11.2. The van der Waals surface area contributed by atoms with E-state index in [4.69, 9.17) is 4.74 Å². The van der Waals surface area contributed by atoms with Crippen molar-refractivity contribution in [2.75, 3.05) is 26.5 Å². The minimum Gasteiger partial charge on any atom is -0.492 e. The SMILES string of the molecule is Cc1cc(C)cc(OCCN(C)S(C)(=O)=O)c1. The lowest BCUT2D eigenvalue weighted by Crippen LogP contribution is -2.29. The van der Waals surface area contributed by atoms with Gasteiger partial charge in [-0.2, -0.15) is 0 Å². The number of rotatable bonds is 5. The van der Waals surface area contributed by atoms with Gasteiger partial charge in [0, 0.05) is 13.6 Å². The number of benzene rings is 1. The molecule has 0 saturated carbocycles. The molecule has 0 aliphatic carbocycles. The van der Waals surface area contributed by atoms with Crippen LogP contribution >= 0.6 is 0 Å². The van der Waals surface area contributed by atoms with Crippen LogP contribution in [0.25, 0.3) is 0 Å². The molecule has 5 heteroatoms. The van der Waals surface area contributed by atoms with Crippen LogP contribution in [0, 0.1) is 13.8 Å². The fourth-order valence-corrected chi connectivity index (χ4v) is 1.88. The highest BCUT2D eigenvalue weighted by molar-refractivity contribution is 7.88. The predicted octanol–water partition coefficient (Wildman–Crippen LogP) is 1.57. The first-order valence-corrected chi connectivity index (χ1v) is 7.26. The maximum Gasteiger partial charge on any atom is 0.211 e. The van der Waals surface area contributed by atoms with Crippen molar-refractivity contribution in [3.8, 4) is 5.75 Å². The van der Waals surface area contributed by atoms with Gasteiger partial charge < -0.3 is 4.74 Å². The first-order valence-electron chi connectivity index (χ1n) is 5.41. The van der Waals surface area contributed by atoms with Crippen LogP contribution in [-0.4, -0.2) is 39.2 Å². The molecule has 96 valence electrons. The maximum atomic E-state index is 11.2. The summed E-state index contributed by atoms with van der Waals surface area (Å²) in [6, 6.07) is 5.94. The summed E-state index contributed by atoms with van der Waals surface area (Å²) in [5.41, 5.74) is 2.27. The molecular weight excluding hydrogens is 238 g/mol. The van der Waals surface area contributed by atoms with E-state index in [9.17, 15) is 8.42 Å². The molecule has 0 N–H and O–H groups in total. The van der Waals surface area contributed by atoms with Crippen molar-refractivity contribution < 1.29 is 13.2 Å². The number of ether oxygens (including phenoxy) is 1. The molecule has 4 nitrogen and oxygen atoms in total. The Morgan fingerprint density at radius 1 is 1.18 bits per heavy atom. The zero-order valence-electron chi connectivity index (χ0n) is 10.7. The average Bonchev–Trinajstić information content (AvgIpc) is 2.14. The van der Waals surface area contributed by atoms with Crippen molar-refractivity contribution in [1.29, 1.82) is 0 Å². The van der Waals surface area contributed by atoms with Crippen LogP contribution in [0.1, 0.15) is 11.1 Å². The molecule has 0 aliphatic heterocycles. The largest absolute Gasteiger partial charge is 0.492 e. The Morgan fingerprint density at radius 3 is 2.18 bits per heavy atom. The molecule has 0 amide bonds. The van der Waals surface area contributed by atoms with Gasteiger partial charge in [-0.05, 0) is 37.1 Å². The number of hydrogen-bond acceptors (Lipinski definition) is 3. The monoisotopic (exact) mass is 257 g/mol. The van der Waals surface area contributed by atoms with Gasteiger partial charge in [0.2, 0.25) is 10.0 Å². The lowest BCUT2D eigenvalue weighted by molar-refractivity contribution is 0.287. The topological polar surface area (TPSA) is 46.6 Å². The van der Waals surface area contributed by atoms with Crippen LogP contribution in [0.4, 0.5) is 0 Å². The number of aryl methyl sites for hydroxylation is 2. The van der Waals surface area contributed by atoms with E-state index in [1.807, 2.05) is 26.0 Å². The third kappa shape index (κ3) is 4.75. The van der Waals surface area contributed by atoms with E-state index in [1.165, 1.54) is 10.6 Å². The van der Waals surface area contributed by atoms with E-state index in [2.05, 4.69) is 6.07 Å². The van der Waals surface area contributed by atoms with E-state index in [0.717, 1.165) is 16.9 Å². The van der Waals surface area contributed by atoms with Crippen LogP contribution in [-0.2, 0) is 10.0 Å². The summed E-state index contributed by atoms with van der Waals surface area (Å²) in [5, 5.41) is 0. The average molecular weight is 257 g/mol. The Labute approximate surface area is 103 Å². The molecule has 0 atom stereocenters. The van der Waals surface area contributed by atoms with Gasteiger partial charge in [-0.25, -0.2) is 12.7 Å². The summed E-state index contributed by atoms with van der Waals surface area (Å²) < 4.78 is 29.1. The number of nitrogens with zero attached hydrogens (tertiary/aromatic N) is 1. The van der Waals surface area contributed by atoms with E-state index in [1.54, 1.807) is 7.05 Å². The van der Waals surface area contributed by atoms with Crippen LogP contribution in [0.3, 0.4) is 0 Å². The van der Waals surface area contributed by atoms with Crippen molar-refractivity contribution in [2.24, 2.45) is 0 Å². The van der Waals surface area contributed by atoms with E-state index in [-0.39, 0.29) is 0 Å². The standard InChI is InChI=1S/C12H19NO3S/c1-10-7-11(2)9-12(8-10)16-6-5-13(3)17(4,14)15/h7-9H,5-6H2,1-4H3. The molecule has 0 radical (unpaired) electrons. The second kappa shape index (κ2) is 5.51. The van der Waals surface area contributed by atoms with Crippen LogP contribution < -0.4 is 4.74 Å². The van der Waals surface area contributed by atoms with Gasteiger partial charge in [0.25, 0.3) is 0 Å². The molecule has 1 rings (SSSR count). The normalized spacial score (nSPS) is 11.8. The second-order valence-electron chi connectivity index (χ2n) is 4.26. The van der Waals surface area contributed by atoms with Crippen molar-refractivity contribution in [3.63, 3.8) is 0 Å². The Bertz CT molecular complexity index is 462. The molecule has 0 heterocycles. The summed E-state index contributed by atoms with van der Waals surface area (Å²) in [5.74, 6) is 0.782. The summed E-state index contributed by atoms with van der Waals surface area (Å²) in [6.07, 6.45) is 1.18. The van der Waals surface area contributed by atoms with Crippen molar-refractivity contribution in [3.05, 3.63) is 29.3 Å². The zero-order valence-corrected chi connectivity index (χ0v) is 11.5. The molecule has 0 fully saturated rings. The third-order valence-electron chi connectivity index (χ3n) is 2.44. The molecule has 0 spiro atoms. The summed E-state index contributed by atoms with van der Waals surface area (Å²) in [6.45, 7) is 4.71. The first kappa shape index (κ1) is 14.0. The van der Waals surface area contributed by atoms with Crippen LogP contribution in [0.5, 0.6) is 5.75 Å². The molecule has 0 saturated heterocycles. The molecular formula is C12H19NO3S. The van der Waals surface area contributed by atoms with Gasteiger partial charge >= 0.3 is 0 Å². The van der Waals surface area contributed by atoms with Gasteiger partial charge in [-0.1, -0.05) is 6.07 Å². The second-order valence-corrected chi connectivity index (χ2v) is 6.35. The summed E-state index contributed by atoms with van der Waals surface area (Å²) in [7, 11) is -1.58. The third-order valence-corrected chi connectivity index (χ3v) is 3.75. The molecule has 0 aliphatic rings. The van der Waals surface area contributed by atoms with Crippen molar-refractivity contribution >= 4 is 10.0 Å². The smallest absolute Gasteiger partial charge is 0.211 e. The van der Waals surface area contributed by atoms with Crippen molar-refractivity contribution in [1.82, 2.24) is 4.31 Å². The van der Waals surface area contributed by atoms with E-state index >= 15 is 0 Å². The van der Waals surface area contributed by atoms with Gasteiger partial charge in [-0.3, -0.25) is 0 Å². The fourth-order valence-electron chi connectivity index (χ4n) is 1.47. The molecule has 0 bridgehead atoms. The van der Waals surface area contributed by atoms with E-state index in [0.29, 0.717) is 13.2 Å². The minimum atomic E-state index is -3.12. The highest BCUT2D eigenvalue weighted by atomic mass is 32.2. The zero-order chi connectivity index (χ0) is 13.1. The minimum absolute atomic E-state index is 0.353. The first-order chi connectivity index (χ1) is 7.79. The summed E-state index contributed by atoms with van der Waals surface area (Å²) in [4.78, 5) is 0. The van der Waals surface area contributed by atoms with Crippen molar-refractivity contribution in [2.45, 2.75) is 13.8 Å². The quantitative estimate of drug-likeness (QED) is 0.804. The predicted molar refractivity (Wildman–Crippen MR) is 68.9 cm³/mol. The number of likely N-dealkylation sites (N-methyl/N-ethyl adjacent to an activating group) is 1. The Kier molecular flexibility index (Phi) is 4.54. The molecule has 1 aromatic carbocycles. The van der Waals surface area contributed by atoms with Gasteiger partial charge in [0.1, 0.15) is 12.4 Å². The van der Waals surface area contributed by atoms with E-state index < -0.39 is 10.0 Å². The Morgan fingerprint density at radius 2 is 1.71 bits per heavy atom. The molecule has 0 aromatic heterocycles. The lowest BCUT2D eigenvalue weighted by Gasteiger charge is -2.14. The number of sulfonamides is 1. The number of hydrogen-bond donors (Lipinski definition) is 0. The molecule has 1 aromatic rings. The summed E-state index contributed by atoms with van der Waals surface area (Å²) >= 11 is 0.